The predicted molar refractivity (Wildman–Crippen MR) is 69.6 cm³/mol. The average Bonchev–Trinajstić information content (AvgIpc) is 2.63. The molecule has 0 saturated carbocycles. The van der Waals surface area contributed by atoms with Crippen LogP contribution in [0, 0.1) is 0 Å². The van der Waals surface area contributed by atoms with Gasteiger partial charge in [0.25, 0.3) is 0 Å². The second-order valence-electron chi connectivity index (χ2n) is 3.43. The summed E-state index contributed by atoms with van der Waals surface area (Å²) in [6.07, 6.45) is 4.44. The van der Waals surface area contributed by atoms with Crippen molar-refractivity contribution < 1.29 is 0 Å². The molecule has 2 rings (SSSR count). The van der Waals surface area contributed by atoms with E-state index in [9.17, 15) is 0 Å². The summed E-state index contributed by atoms with van der Waals surface area (Å²) in [4.78, 5) is 0. The maximum Gasteiger partial charge on any atom is 0.0355 e. The normalized spacial score (nSPS) is 14.0. The molecule has 0 aliphatic carbocycles. The topological polar surface area (TPSA) is 12.0 Å². The van der Waals surface area contributed by atoms with E-state index in [4.69, 9.17) is 0 Å². The number of benzene rings is 1. The van der Waals surface area contributed by atoms with E-state index in [1.807, 2.05) is 18.4 Å². The van der Waals surface area contributed by atoms with Gasteiger partial charge < -0.3 is 5.32 Å². The van der Waals surface area contributed by atoms with Crippen molar-refractivity contribution in [1.29, 1.82) is 0 Å². The third kappa shape index (κ3) is 1.96. The molecule has 1 aromatic heterocycles. The fourth-order valence-corrected chi connectivity index (χ4v) is 2.90. The number of hydrogen-bond acceptors (Lipinski definition) is 2. The van der Waals surface area contributed by atoms with E-state index >= 15 is 0 Å². The van der Waals surface area contributed by atoms with Gasteiger partial charge in [-0.25, -0.2) is 0 Å². The first-order valence-electron chi connectivity index (χ1n) is 5.15. The Hall–Kier alpha value is -1.12. The molecule has 2 aromatic rings. The first-order valence-corrected chi connectivity index (χ1v) is 5.97. The zero-order valence-corrected chi connectivity index (χ0v) is 9.90. The van der Waals surface area contributed by atoms with Crippen LogP contribution in [0.3, 0.4) is 0 Å². The summed E-state index contributed by atoms with van der Waals surface area (Å²) in [5.41, 5.74) is 0. The van der Waals surface area contributed by atoms with Crippen LogP contribution in [0.25, 0.3) is 22.2 Å². The average molecular weight is 217 g/mol. The first-order chi connectivity index (χ1) is 7.36. The van der Waals surface area contributed by atoms with Crippen LogP contribution < -0.4 is 15.1 Å². The van der Waals surface area contributed by atoms with Gasteiger partial charge in [-0.15, -0.1) is 11.3 Å². The highest BCUT2D eigenvalue weighted by atomic mass is 32.1. The maximum atomic E-state index is 3.15. The molecule has 0 amide bonds. The second kappa shape index (κ2) is 4.60. The van der Waals surface area contributed by atoms with Crippen LogP contribution >= 0.6 is 11.3 Å². The third-order valence-electron chi connectivity index (χ3n) is 2.44. The summed E-state index contributed by atoms with van der Waals surface area (Å²) >= 11 is 1.86. The molecule has 1 nitrogen and oxygen atoms in total. The van der Waals surface area contributed by atoms with Crippen molar-refractivity contribution in [3.63, 3.8) is 0 Å². The lowest BCUT2D eigenvalue weighted by Gasteiger charge is -1.86. The standard InChI is InChI=1S/C13H15NS/c1-3-10-11-6-4-5-7-12(11)15-13(10)8-9-14-2/h3-8,14H,9H2,1-2H3/b10-3-,13-8+. The minimum atomic E-state index is 0.924. The summed E-state index contributed by atoms with van der Waals surface area (Å²) in [6.45, 7) is 3.03. The minimum absolute atomic E-state index is 0.924. The zero-order chi connectivity index (χ0) is 10.7. The summed E-state index contributed by atoms with van der Waals surface area (Å²) in [5, 5.41) is 5.88. The fourth-order valence-electron chi connectivity index (χ4n) is 1.73. The molecule has 1 heterocycles. The van der Waals surface area contributed by atoms with Crippen molar-refractivity contribution >= 4 is 33.6 Å². The lowest BCUT2D eigenvalue weighted by molar-refractivity contribution is 0.946. The molecule has 0 aliphatic rings. The first kappa shape index (κ1) is 10.4. The Morgan fingerprint density at radius 3 is 2.87 bits per heavy atom. The quantitative estimate of drug-likeness (QED) is 0.807. The molecule has 0 unspecified atom stereocenters. The minimum Gasteiger partial charge on any atom is -0.316 e. The zero-order valence-electron chi connectivity index (χ0n) is 9.08. The van der Waals surface area contributed by atoms with Gasteiger partial charge in [0, 0.05) is 15.8 Å². The molecule has 15 heavy (non-hydrogen) atoms. The Balaban J connectivity index is 2.76. The third-order valence-corrected chi connectivity index (χ3v) is 3.63. The van der Waals surface area contributed by atoms with E-state index in [2.05, 4.69) is 48.7 Å². The van der Waals surface area contributed by atoms with Crippen LogP contribution in [0.2, 0.25) is 0 Å². The van der Waals surface area contributed by atoms with Gasteiger partial charge in [-0.1, -0.05) is 30.4 Å². The monoisotopic (exact) mass is 217 g/mol. The van der Waals surface area contributed by atoms with Crippen molar-refractivity contribution in [2.45, 2.75) is 6.92 Å². The van der Waals surface area contributed by atoms with Gasteiger partial charge in [0.05, 0.1) is 0 Å². The highest BCUT2D eigenvalue weighted by Crippen LogP contribution is 2.11. The van der Waals surface area contributed by atoms with Gasteiger partial charge in [-0.05, 0) is 30.6 Å². The van der Waals surface area contributed by atoms with E-state index < -0.39 is 0 Å². The molecule has 0 saturated heterocycles. The molecule has 1 aromatic carbocycles. The number of fused-ring (bicyclic) bond motifs is 1. The highest BCUT2D eigenvalue weighted by molar-refractivity contribution is 7.17. The van der Waals surface area contributed by atoms with Crippen LogP contribution in [-0.2, 0) is 0 Å². The van der Waals surface area contributed by atoms with Crippen LogP contribution in [0.15, 0.2) is 24.3 Å². The lowest BCUT2D eigenvalue weighted by Crippen LogP contribution is -2.20. The van der Waals surface area contributed by atoms with Crippen LogP contribution in [0.1, 0.15) is 6.92 Å². The second-order valence-corrected chi connectivity index (χ2v) is 4.51. The molecule has 0 spiro atoms. The van der Waals surface area contributed by atoms with Gasteiger partial charge in [0.1, 0.15) is 0 Å². The van der Waals surface area contributed by atoms with Gasteiger partial charge in [0.2, 0.25) is 0 Å². The fraction of sp³-hybridized carbons (Fsp3) is 0.231. The van der Waals surface area contributed by atoms with Crippen molar-refractivity contribution in [3.8, 4) is 0 Å². The SMILES string of the molecule is C/C=c1\c(=C/CNC)sc2ccccc12. The Morgan fingerprint density at radius 2 is 2.13 bits per heavy atom. The molecular formula is C13H15NS. The number of hydrogen-bond donors (Lipinski definition) is 1. The summed E-state index contributed by atoms with van der Waals surface area (Å²) in [5.74, 6) is 0. The smallest absolute Gasteiger partial charge is 0.0355 e. The molecule has 0 aliphatic heterocycles. The van der Waals surface area contributed by atoms with E-state index in [1.165, 1.54) is 19.8 Å². The molecular weight excluding hydrogens is 202 g/mol. The van der Waals surface area contributed by atoms with Crippen molar-refractivity contribution in [2.75, 3.05) is 13.6 Å². The molecule has 0 atom stereocenters. The van der Waals surface area contributed by atoms with Crippen molar-refractivity contribution in [3.05, 3.63) is 34.0 Å². The van der Waals surface area contributed by atoms with E-state index in [1.54, 1.807) is 0 Å². The number of rotatable bonds is 2. The van der Waals surface area contributed by atoms with Crippen LogP contribution in [0.4, 0.5) is 0 Å². The summed E-state index contributed by atoms with van der Waals surface area (Å²) in [7, 11) is 1.97. The molecule has 0 fully saturated rings. The number of thiophene rings is 1. The Kier molecular flexibility index (Phi) is 3.19. The summed E-state index contributed by atoms with van der Waals surface area (Å²) in [6, 6.07) is 8.58. The Morgan fingerprint density at radius 1 is 1.33 bits per heavy atom. The van der Waals surface area contributed by atoms with E-state index in [0.29, 0.717) is 0 Å². The van der Waals surface area contributed by atoms with Gasteiger partial charge in [0.15, 0.2) is 0 Å². The van der Waals surface area contributed by atoms with E-state index in [0.717, 1.165) is 6.54 Å². The predicted octanol–water partition coefficient (Wildman–Crippen LogP) is 1.70. The van der Waals surface area contributed by atoms with Crippen LogP contribution in [-0.4, -0.2) is 13.6 Å². The van der Waals surface area contributed by atoms with Gasteiger partial charge >= 0.3 is 0 Å². The van der Waals surface area contributed by atoms with Crippen molar-refractivity contribution in [2.24, 2.45) is 0 Å². The van der Waals surface area contributed by atoms with Gasteiger partial charge in [-0.3, -0.25) is 0 Å². The van der Waals surface area contributed by atoms with Gasteiger partial charge in [-0.2, -0.15) is 0 Å². The lowest BCUT2D eigenvalue weighted by atomic mass is 10.2. The molecule has 2 heteroatoms. The van der Waals surface area contributed by atoms with E-state index in [-0.39, 0.29) is 0 Å². The Bertz CT molecular complexity index is 566. The molecule has 0 radical (unpaired) electrons. The summed E-state index contributed by atoms with van der Waals surface area (Å²) < 4.78 is 2.74. The number of nitrogens with one attached hydrogen (secondary N) is 1. The van der Waals surface area contributed by atoms with Crippen molar-refractivity contribution in [1.82, 2.24) is 5.32 Å². The Labute approximate surface area is 93.7 Å². The largest absolute Gasteiger partial charge is 0.316 e. The van der Waals surface area contributed by atoms with Crippen LogP contribution in [0.5, 0.6) is 0 Å². The molecule has 0 bridgehead atoms. The highest BCUT2D eigenvalue weighted by Gasteiger charge is 1.97. The maximum absolute atomic E-state index is 3.15. The molecule has 1 N–H and O–H groups in total. The molecule has 78 valence electrons.